The van der Waals surface area contributed by atoms with Crippen molar-refractivity contribution in [3.63, 3.8) is 0 Å². The molecule has 1 saturated heterocycles. The van der Waals surface area contributed by atoms with Crippen molar-refractivity contribution in [2.24, 2.45) is 0 Å². The van der Waals surface area contributed by atoms with Crippen molar-refractivity contribution in [2.75, 3.05) is 19.7 Å². The molecule has 0 aromatic rings. The van der Waals surface area contributed by atoms with Crippen LogP contribution in [0.5, 0.6) is 0 Å². The second-order valence-electron chi connectivity index (χ2n) is 2.74. The third-order valence-corrected chi connectivity index (χ3v) is 1.99. The summed E-state index contributed by atoms with van der Waals surface area (Å²) < 4.78 is 5.44. The van der Waals surface area contributed by atoms with Gasteiger partial charge in [0, 0.05) is 19.7 Å². The highest BCUT2D eigenvalue weighted by atomic mass is 16.5. The topological polar surface area (TPSA) is 36.3 Å². The van der Waals surface area contributed by atoms with Crippen LogP contribution in [0.1, 0.15) is 19.8 Å². The number of nitrogens with zero attached hydrogens (tertiary/aromatic N) is 2. The Balaban J connectivity index is 2.20. The highest BCUT2D eigenvalue weighted by Gasteiger charge is 2.17. The number of rotatable bonds is 2. The van der Waals surface area contributed by atoms with Crippen LogP contribution in [0.15, 0.2) is 0 Å². The number of hydrogen-bond acceptors (Lipinski definition) is 3. The van der Waals surface area contributed by atoms with Crippen molar-refractivity contribution in [2.45, 2.75) is 25.9 Å². The first-order chi connectivity index (χ1) is 5.36. The van der Waals surface area contributed by atoms with E-state index in [-0.39, 0.29) is 0 Å². The maximum atomic E-state index is 8.54. The summed E-state index contributed by atoms with van der Waals surface area (Å²) in [6.45, 7) is 4.52. The maximum Gasteiger partial charge on any atom is 0.179 e. The first kappa shape index (κ1) is 8.35. The average molecular weight is 154 g/mol. The number of hydrogen-bond donors (Lipinski definition) is 0. The molecule has 0 N–H and O–H groups in total. The van der Waals surface area contributed by atoms with Gasteiger partial charge in [-0.3, -0.25) is 0 Å². The molecule has 0 bridgehead atoms. The van der Waals surface area contributed by atoms with Gasteiger partial charge in [-0.05, 0) is 19.8 Å². The average Bonchev–Trinajstić information content (AvgIpc) is 2.07. The van der Waals surface area contributed by atoms with E-state index in [4.69, 9.17) is 10.00 Å². The first-order valence-corrected chi connectivity index (χ1v) is 4.13. The third kappa shape index (κ3) is 2.39. The van der Waals surface area contributed by atoms with E-state index in [0.717, 1.165) is 32.5 Å². The zero-order valence-corrected chi connectivity index (χ0v) is 6.92. The molecule has 3 nitrogen and oxygen atoms in total. The van der Waals surface area contributed by atoms with E-state index in [2.05, 4.69) is 6.19 Å². The second-order valence-corrected chi connectivity index (χ2v) is 2.74. The molecule has 0 aliphatic carbocycles. The lowest BCUT2D eigenvalue weighted by atomic mass is 10.1. The fourth-order valence-corrected chi connectivity index (χ4v) is 1.36. The minimum absolute atomic E-state index is 0.393. The Bertz CT molecular complexity index is 145. The molecule has 62 valence electrons. The molecule has 0 radical (unpaired) electrons. The summed E-state index contributed by atoms with van der Waals surface area (Å²) in [6, 6.07) is 0. The summed E-state index contributed by atoms with van der Waals surface area (Å²) >= 11 is 0. The summed E-state index contributed by atoms with van der Waals surface area (Å²) in [6.07, 6.45) is 4.54. The molecular weight excluding hydrogens is 140 g/mol. The van der Waals surface area contributed by atoms with Crippen molar-refractivity contribution in [1.29, 1.82) is 5.26 Å². The molecule has 0 aromatic heterocycles. The van der Waals surface area contributed by atoms with Crippen LogP contribution in [-0.2, 0) is 4.74 Å². The van der Waals surface area contributed by atoms with E-state index in [1.54, 1.807) is 4.90 Å². The lowest BCUT2D eigenvalue weighted by molar-refractivity contribution is 0.0249. The molecule has 1 rings (SSSR count). The normalized spacial score (nSPS) is 19.8. The smallest absolute Gasteiger partial charge is 0.179 e. The van der Waals surface area contributed by atoms with E-state index in [1.165, 1.54) is 0 Å². The van der Waals surface area contributed by atoms with Gasteiger partial charge in [0.15, 0.2) is 6.19 Å². The van der Waals surface area contributed by atoms with Gasteiger partial charge in [-0.15, -0.1) is 0 Å². The van der Waals surface area contributed by atoms with Gasteiger partial charge in [0.05, 0.1) is 6.10 Å². The van der Waals surface area contributed by atoms with E-state index in [0.29, 0.717) is 6.10 Å². The Morgan fingerprint density at radius 1 is 1.55 bits per heavy atom. The Kier molecular flexibility index (Phi) is 3.18. The monoisotopic (exact) mass is 154 g/mol. The molecule has 0 spiro atoms. The van der Waals surface area contributed by atoms with Gasteiger partial charge >= 0.3 is 0 Å². The number of likely N-dealkylation sites (tertiary alicyclic amines) is 1. The first-order valence-electron chi connectivity index (χ1n) is 4.13. The number of nitriles is 1. The third-order valence-electron chi connectivity index (χ3n) is 1.99. The zero-order chi connectivity index (χ0) is 8.10. The predicted molar refractivity (Wildman–Crippen MR) is 41.8 cm³/mol. The Hall–Kier alpha value is -0.750. The number of piperidine rings is 1. The zero-order valence-electron chi connectivity index (χ0n) is 6.92. The number of ether oxygens (including phenoxy) is 1. The molecule has 0 unspecified atom stereocenters. The molecule has 1 heterocycles. The molecule has 0 atom stereocenters. The van der Waals surface area contributed by atoms with Gasteiger partial charge < -0.3 is 9.64 Å². The standard InChI is InChI=1S/C8H14N2O/c1-2-11-8-3-5-10(7-9)6-4-8/h8H,2-6H2,1H3. The van der Waals surface area contributed by atoms with Gasteiger partial charge in [0.1, 0.15) is 0 Å². The Morgan fingerprint density at radius 2 is 2.18 bits per heavy atom. The molecule has 0 saturated carbocycles. The van der Waals surface area contributed by atoms with Crippen molar-refractivity contribution < 1.29 is 4.74 Å². The lowest BCUT2D eigenvalue weighted by Gasteiger charge is -2.27. The summed E-state index contributed by atoms with van der Waals surface area (Å²) in [4.78, 5) is 1.79. The molecular formula is C8H14N2O. The largest absolute Gasteiger partial charge is 0.378 e. The van der Waals surface area contributed by atoms with E-state index >= 15 is 0 Å². The lowest BCUT2D eigenvalue weighted by Crippen LogP contribution is -2.33. The molecule has 0 amide bonds. The second kappa shape index (κ2) is 4.20. The van der Waals surface area contributed by atoms with Crippen molar-refractivity contribution in [3.05, 3.63) is 0 Å². The van der Waals surface area contributed by atoms with Crippen LogP contribution < -0.4 is 0 Å². The molecule has 3 heteroatoms. The summed E-state index contributed by atoms with van der Waals surface area (Å²) in [5.74, 6) is 0. The highest BCUT2D eigenvalue weighted by molar-refractivity contribution is 4.80. The van der Waals surface area contributed by atoms with Gasteiger partial charge in [-0.1, -0.05) is 0 Å². The summed E-state index contributed by atoms with van der Waals surface area (Å²) in [7, 11) is 0. The van der Waals surface area contributed by atoms with E-state index in [1.807, 2.05) is 6.92 Å². The van der Waals surface area contributed by atoms with Crippen molar-refractivity contribution >= 4 is 0 Å². The molecule has 11 heavy (non-hydrogen) atoms. The van der Waals surface area contributed by atoms with Gasteiger partial charge in [0.25, 0.3) is 0 Å². The van der Waals surface area contributed by atoms with Crippen molar-refractivity contribution in [3.8, 4) is 6.19 Å². The van der Waals surface area contributed by atoms with Crippen LogP contribution in [0.4, 0.5) is 0 Å². The fourth-order valence-electron chi connectivity index (χ4n) is 1.36. The van der Waals surface area contributed by atoms with Crippen LogP contribution in [-0.4, -0.2) is 30.7 Å². The minimum Gasteiger partial charge on any atom is -0.378 e. The summed E-state index contributed by atoms with van der Waals surface area (Å²) in [5.41, 5.74) is 0. The predicted octanol–water partition coefficient (Wildman–Crippen LogP) is 0.968. The van der Waals surface area contributed by atoms with Crippen LogP contribution in [0.3, 0.4) is 0 Å². The van der Waals surface area contributed by atoms with E-state index in [9.17, 15) is 0 Å². The maximum absolute atomic E-state index is 8.54. The molecule has 1 fully saturated rings. The van der Waals surface area contributed by atoms with Gasteiger partial charge in [-0.2, -0.15) is 5.26 Å². The minimum atomic E-state index is 0.393. The summed E-state index contributed by atoms with van der Waals surface area (Å²) in [5, 5.41) is 8.54. The molecule has 0 aromatic carbocycles. The van der Waals surface area contributed by atoms with Crippen LogP contribution in [0.2, 0.25) is 0 Å². The SMILES string of the molecule is CCOC1CCN(C#N)CC1. The van der Waals surface area contributed by atoms with Gasteiger partial charge in [-0.25, -0.2) is 0 Å². The van der Waals surface area contributed by atoms with Gasteiger partial charge in [0.2, 0.25) is 0 Å². The van der Waals surface area contributed by atoms with Crippen molar-refractivity contribution in [1.82, 2.24) is 4.90 Å². The fraction of sp³-hybridized carbons (Fsp3) is 0.875. The van der Waals surface area contributed by atoms with Crippen LogP contribution in [0.25, 0.3) is 0 Å². The Morgan fingerprint density at radius 3 is 2.64 bits per heavy atom. The van der Waals surface area contributed by atoms with Crippen LogP contribution in [0, 0.1) is 11.5 Å². The Labute approximate surface area is 67.6 Å². The molecule has 1 aliphatic heterocycles. The highest BCUT2D eigenvalue weighted by Crippen LogP contribution is 2.12. The van der Waals surface area contributed by atoms with E-state index < -0.39 is 0 Å². The molecule has 1 aliphatic rings. The quantitative estimate of drug-likeness (QED) is 0.556. The van der Waals surface area contributed by atoms with Crippen LogP contribution >= 0.6 is 0 Å².